The lowest BCUT2D eigenvalue weighted by Crippen LogP contribution is -2.16. The third-order valence-corrected chi connectivity index (χ3v) is 16.2. The van der Waals surface area contributed by atoms with Crippen molar-refractivity contribution < 1.29 is 56.7 Å². The number of anilines is 5. The molecule has 0 bridgehead atoms. The van der Waals surface area contributed by atoms with Crippen LogP contribution in [0.4, 0.5) is 50.1 Å². The van der Waals surface area contributed by atoms with Gasteiger partial charge in [0.25, 0.3) is 46.4 Å². The van der Waals surface area contributed by atoms with Crippen LogP contribution in [0.5, 0.6) is 0 Å². The summed E-state index contributed by atoms with van der Waals surface area (Å²) in [6, 6.07) is 23.0. The molecule has 23 nitrogen and oxygen atoms in total. The highest BCUT2D eigenvalue weighted by Gasteiger charge is 2.26. The molecule has 0 saturated heterocycles. The van der Waals surface area contributed by atoms with E-state index in [-0.39, 0.29) is 93.0 Å². The van der Waals surface area contributed by atoms with Gasteiger partial charge in [-0.1, -0.05) is 82.0 Å². The number of azo groups is 2. The molecule has 1 amide bonds. The normalized spacial score (nSPS) is 12.1. The van der Waals surface area contributed by atoms with E-state index in [2.05, 4.69) is 41.4 Å². The lowest BCUT2D eigenvalue weighted by Gasteiger charge is -2.16. The number of nitriles is 2. The Hall–Kier alpha value is -7.00. The number of carbonyl (C=O) groups is 1. The maximum Gasteiger partial charge on any atom is 0.296 e. The maximum atomic E-state index is 13.4. The summed E-state index contributed by atoms with van der Waals surface area (Å²) in [5.74, 6) is -1.52. The average molecular weight is 1190 g/mol. The van der Waals surface area contributed by atoms with Gasteiger partial charge < -0.3 is 16.0 Å². The Morgan fingerprint density at radius 3 is 1.69 bits per heavy atom. The minimum absolute atomic E-state index is 0.00302. The van der Waals surface area contributed by atoms with Crippen LogP contribution in [0.25, 0.3) is 11.1 Å². The van der Waals surface area contributed by atoms with E-state index in [1.54, 1.807) is 0 Å². The monoisotopic (exact) mass is 1190 g/mol. The highest BCUT2D eigenvalue weighted by molar-refractivity contribution is 7.86. The van der Waals surface area contributed by atoms with E-state index in [0.29, 0.717) is 11.3 Å². The first-order chi connectivity index (χ1) is 35.1. The van der Waals surface area contributed by atoms with Gasteiger partial charge in [0, 0.05) is 28.2 Å². The van der Waals surface area contributed by atoms with Gasteiger partial charge in [0.1, 0.15) is 53.7 Å². The zero-order chi connectivity index (χ0) is 54.9. The third-order valence-electron chi connectivity index (χ3n) is 10.0. The van der Waals surface area contributed by atoms with Crippen molar-refractivity contribution in [2.75, 3.05) is 16.0 Å². The fraction of sp³-hybridized carbons (Fsp3) is 0.0233. The third kappa shape index (κ3) is 12.6. The van der Waals surface area contributed by atoms with E-state index in [4.69, 9.17) is 46.4 Å². The van der Waals surface area contributed by atoms with Crippen molar-refractivity contribution in [1.29, 1.82) is 10.5 Å². The quantitative estimate of drug-likeness (QED) is 0.0370. The molecule has 0 fully saturated rings. The zero-order valence-corrected chi connectivity index (χ0v) is 44.0. The molecule has 0 unspecified atom stereocenters. The average Bonchev–Trinajstić information content (AvgIpc) is 3.68. The summed E-state index contributed by atoms with van der Waals surface area (Å²) in [7, 11) is -19.4. The largest absolute Gasteiger partial charge is 0.339 e. The topological polar surface area (TPSA) is 381 Å². The number of amides is 1. The number of pyridine rings is 1. The molecule has 0 aliphatic heterocycles. The molecular weight excluding hydrogens is 1170 g/mol. The number of nitrogens with one attached hydrogen (secondary N) is 3. The molecule has 7 N–H and O–H groups in total. The number of rotatable bonds is 15. The van der Waals surface area contributed by atoms with Gasteiger partial charge in [-0.2, -0.15) is 44.2 Å². The number of benzene rings is 5. The number of aromatic nitrogens is 1. The Kier molecular flexibility index (Phi) is 16.1. The number of thiophene rings is 1. The molecule has 0 aliphatic rings. The fourth-order valence-electron chi connectivity index (χ4n) is 6.70. The maximum absolute atomic E-state index is 13.4. The summed E-state index contributed by atoms with van der Waals surface area (Å²) >= 11 is 25.2. The van der Waals surface area contributed by atoms with Crippen LogP contribution in [-0.2, 0) is 40.5 Å². The molecule has 0 atom stereocenters. The van der Waals surface area contributed by atoms with Crippen molar-refractivity contribution in [1.82, 2.24) is 4.98 Å². The van der Waals surface area contributed by atoms with Crippen LogP contribution in [0.15, 0.2) is 137 Å². The molecule has 0 spiro atoms. The first-order valence-corrected chi connectivity index (χ1v) is 28.1. The molecule has 7 aromatic rings. The Morgan fingerprint density at radius 1 is 0.573 bits per heavy atom. The molecule has 0 radical (unpaired) electrons. The summed E-state index contributed by atoms with van der Waals surface area (Å²) < 4.78 is 136. The molecule has 32 heteroatoms. The van der Waals surface area contributed by atoms with Crippen molar-refractivity contribution in [2.24, 2.45) is 20.5 Å². The lowest BCUT2D eigenvalue weighted by molar-refractivity contribution is 0.102. The van der Waals surface area contributed by atoms with E-state index in [9.17, 15) is 67.2 Å². The number of hydrogen-bond donors (Lipinski definition) is 7. The highest BCUT2D eigenvalue weighted by Crippen LogP contribution is 2.49. The number of halogens is 4. The molecule has 75 heavy (non-hydrogen) atoms. The summed E-state index contributed by atoms with van der Waals surface area (Å²) in [5, 5.41) is 44.6. The van der Waals surface area contributed by atoms with Crippen LogP contribution in [-0.4, -0.2) is 62.8 Å². The van der Waals surface area contributed by atoms with Crippen LogP contribution in [0, 0.1) is 29.6 Å². The van der Waals surface area contributed by atoms with Crippen LogP contribution < -0.4 is 16.0 Å². The predicted molar refractivity (Wildman–Crippen MR) is 276 cm³/mol. The number of nitrogens with zero attached hydrogens (tertiary/aromatic N) is 7. The van der Waals surface area contributed by atoms with Gasteiger partial charge in [0.2, 0.25) is 0 Å². The van der Waals surface area contributed by atoms with Gasteiger partial charge in [-0.3, -0.25) is 23.0 Å². The summed E-state index contributed by atoms with van der Waals surface area (Å²) in [5.41, 5.74) is -1.35. The predicted octanol–water partition coefficient (Wildman–Crippen LogP) is 12.0. The van der Waals surface area contributed by atoms with Crippen LogP contribution >= 0.6 is 57.7 Å². The van der Waals surface area contributed by atoms with Crippen LogP contribution in [0.2, 0.25) is 20.1 Å². The molecule has 7 rings (SSSR count). The van der Waals surface area contributed by atoms with Gasteiger partial charge in [0.05, 0.1) is 31.2 Å². The van der Waals surface area contributed by atoms with Crippen molar-refractivity contribution >= 4 is 154 Å². The van der Waals surface area contributed by atoms with Gasteiger partial charge in [0.15, 0.2) is 16.6 Å². The number of carbonyl (C=O) groups excluding carboxylic acids is 1. The molecule has 5 aromatic carbocycles. The zero-order valence-electron chi connectivity index (χ0n) is 36.9. The molecule has 0 aliphatic carbocycles. The molecule has 2 aromatic heterocycles. The standard InChI is InChI=1S/C43H26Cl4N10O13S5/c1-20-26(18-48)39(50-23-9-11-28(44)34(14-23)73(62,63)64)53-40(51-24-10-12-29(45)35(15-24)74(65,66)67)38(20)55-56-42-27(19-49)37(43(71-42)57-54-32-16-31(47)36(17-30(32)46)75(68,69)70)21-5-4-6-22(13-21)52-41(58)25-7-2-3-8-33(25)72(59,60)61/h2-17H,1H3,(H,52,58)(H2,50,51,53)(H,59,60,61)(H,62,63,64)(H,65,66,67)(H,68,69,70). The Bertz CT molecular complexity index is 4190. The van der Waals surface area contributed by atoms with Crippen LogP contribution in [0.1, 0.15) is 27.0 Å². The molecule has 384 valence electrons. The van der Waals surface area contributed by atoms with Gasteiger partial charge in [-0.05, 0) is 85.3 Å². The van der Waals surface area contributed by atoms with E-state index in [1.165, 1.54) is 55.5 Å². The molecule has 2 heterocycles. The Morgan fingerprint density at radius 2 is 1.12 bits per heavy atom. The second-order valence-corrected chi connectivity index (χ2v) is 23.1. The van der Waals surface area contributed by atoms with Gasteiger partial charge in [-0.15, -0.1) is 20.5 Å². The van der Waals surface area contributed by atoms with Crippen molar-refractivity contribution in [3.63, 3.8) is 0 Å². The van der Waals surface area contributed by atoms with E-state index >= 15 is 0 Å². The Labute approximate surface area is 448 Å². The van der Waals surface area contributed by atoms with E-state index in [1.807, 2.05) is 12.1 Å². The van der Waals surface area contributed by atoms with Crippen molar-refractivity contribution in [3.8, 4) is 23.3 Å². The van der Waals surface area contributed by atoms with Crippen molar-refractivity contribution in [2.45, 2.75) is 26.5 Å². The molecule has 0 saturated carbocycles. The van der Waals surface area contributed by atoms with Crippen LogP contribution in [0.3, 0.4) is 0 Å². The highest BCUT2D eigenvalue weighted by atomic mass is 35.5. The van der Waals surface area contributed by atoms with Crippen molar-refractivity contribution in [3.05, 3.63) is 139 Å². The first kappa shape index (κ1) is 55.7. The minimum atomic E-state index is -4.90. The van der Waals surface area contributed by atoms with E-state index < -0.39 is 76.5 Å². The first-order valence-electron chi connectivity index (χ1n) is 20.0. The summed E-state index contributed by atoms with van der Waals surface area (Å²) in [6.07, 6.45) is 0. The van der Waals surface area contributed by atoms with Gasteiger partial charge in [-0.25, -0.2) is 4.98 Å². The Balaban J connectivity index is 1.41. The second-order valence-electron chi connectivity index (χ2n) is 14.9. The summed E-state index contributed by atoms with van der Waals surface area (Å²) in [4.78, 5) is 15.0. The SMILES string of the molecule is Cc1c(C#N)c(Nc2ccc(Cl)c(S(=O)(=O)O)c2)nc(Nc2ccc(Cl)c(S(=O)(=O)O)c2)c1N=Nc1sc(N=Nc2cc(Cl)c(S(=O)(=O)O)cc2Cl)c(-c2cccc(NC(=O)c3ccccc3S(=O)(=O)O)c2)c1C#N. The number of hydrogen-bond acceptors (Lipinski definition) is 19. The lowest BCUT2D eigenvalue weighted by atomic mass is 10.0. The second kappa shape index (κ2) is 21.7. The summed E-state index contributed by atoms with van der Waals surface area (Å²) in [6.45, 7) is 1.39. The smallest absolute Gasteiger partial charge is 0.296 e. The fourth-order valence-corrected chi connectivity index (χ4v) is 11.6. The van der Waals surface area contributed by atoms with Gasteiger partial charge >= 0.3 is 0 Å². The minimum Gasteiger partial charge on any atom is -0.339 e. The molecular formula is C43H26Cl4N10O13S5. The van der Waals surface area contributed by atoms with E-state index in [0.717, 1.165) is 48.5 Å².